The van der Waals surface area contributed by atoms with E-state index in [9.17, 15) is 14.9 Å². The molecule has 82 valence electrons. The van der Waals surface area contributed by atoms with Gasteiger partial charge in [0.15, 0.2) is 0 Å². The molecule has 1 heterocycles. The molecule has 0 fully saturated rings. The van der Waals surface area contributed by atoms with Crippen LogP contribution in [0.15, 0.2) is 12.3 Å². The number of nitro groups is 1. The minimum atomic E-state index is -0.762. The molecule has 0 unspecified atom stereocenters. The predicted molar refractivity (Wildman–Crippen MR) is 54.8 cm³/mol. The van der Waals surface area contributed by atoms with Crippen molar-refractivity contribution in [1.82, 2.24) is 4.98 Å². The molecule has 0 saturated carbocycles. The van der Waals surface area contributed by atoms with Gasteiger partial charge in [0.05, 0.1) is 17.6 Å². The van der Waals surface area contributed by atoms with Gasteiger partial charge in [0.25, 0.3) is 5.69 Å². The number of hydrogen-bond donors (Lipinski definition) is 0. The summed E-state index contributed by atoms with van der Waals surface area (Å²) in [6.07, 6.45) is 1.01. The summed E-state index contributed by atoms with van der Waals surface area (Å²) in [6, 6.07) is 1.13. The number of nitrogens with zero attached hydrogens (tertiary/aromatic N) is 2. The molecule has 16 heavy (non-hydrogen) atoms. The summed E-state index contributed by atoms with van der Waals surface area (Å²) >= 11 is 5.64. The number of methoxy groups -OCH3 is 1. The van der Waals surface area contributed by atoms with Crippen LogP contribution in [0.3, 0.4) is 0 Å². The summed E-state index contributed by atoms with van der Waals surface area (Å²) in [5.41, 5.74) is -0.153. The smallest absolute Gasteiger partial charge is 0.384 e. The first-order valence-corrected chi connectivity index (χ1v) is 4.32. The van der Waals surface area contributed by atoms with Crippen molar-refractivity contribution in [1.29, 1.82) is 0 Å². The lowest BCUT2D eigenvalue weighted by molar-refractivity contribution is -0.385. The molecule has 0 atom stereocenters. The molecule has 1 aromatic rings. The maximum atomic E-state index is 10.7. The van der Waals surface area contributed by atoms with Crippen molar-refractivity contribution in [2.24, 2.45) is 0 Å². The lowest BCUT2D eigenvalue weighted by Crippen LogP contribution is -1.95. The van der Waals surface area contributed by atoms with Gasteiger partial charge in [-0.25, -0.2) is 9.78 Å². The zero-order valence-corrected chi connectivity index (χ0v) is 8.82. The van der Waals surface area contributed by atoms with Gasteiger partial charge in [-0.15, -0.1) is 0 Å². The fraction of sp³-hybridized carbons (Fsp3) is 0.111. The number of carbonyl (C=O) groups is 1. The largest absolute Gasteiger partial charge is 0.459 e. The number of halogens is 1. The molecule has 0 amide bonds. The van der Waals surface area contributed by atoms with Crippen LogP contribution >= 0.6 is 11.6 Å². The zero-order chi connectivity index (χ0) is 12.1. The minimum absolute atomic E-state index is 0.0120. The molecule has 0 aliphatic rings. The summed E-state index contributed by atoms with van der Waals surface area (Å²) in [5.74, 6) is 3.67. The summed E-state index contributed by atoms with van der Waals surface area (Å²) in [4.78, 5) is 24.1. The number of ether oxygens (including phenoxy) is 1. The Morgan fingerprint density at radius 2 is 2.38 bits per heavy atom. The van der Waals surface area contributed by atoms with Crippen molar-refractivity contribution in [2.45, 2.75) is 0 Å². The van der Waals surface area contributed by atoms with E-state index in [0.29, 0.717) is 0 Å². The number of carbonyl (C=O) groups excluding carboxylic acids is 1. The predicted octanol–water partition coefficient (Wildman–Crippen LogP) is 1.17. The van der Waals surface area contributed by atoms with E-state index in [1.807, 2.05) is 0 Å². The highest BCUT2D eigenvalue weighted by Gasteiger charge is 2.09. The number of pyridine rings is 1. The molecule has 6 nitrogen and oxygen atoms in total. The minimum Gasteiger partial charge on any atom is -0.459 e. The molecule has 0 saturated heterocycles. The van der Waals surface area contributed by atoms with E-state index >= 15 is 0 Å². The Hall–Kier alpha value is -2.13. The quantitative estimate of drug-likeness (QED) is 0.242. The molecule has 0 radical (unpaired) electrons. The first-order valence-electron chi connectivity index (χ1n) is 3.94. The molecule has 0 N–H and O–H groups in total. The van der Waals surface area contributed by atoms with Gasteiger partial charge in [-0.2, -0.15) is 0 Å². The maximum absolute atomic E-state index is 10.7. The Morgan fingerprint density at radius 3 is 2.94 bits per heavy atom. The molecule has 7 heteroatoms. The van der Waals surface area contributed by atoms with Gasteiger partial charge in [-0.05, 0) is 0 Å². The van der Waals surface area contributed by atoms with Crippen LogP contribution in [0.5, 0.6) is 0 Å². The van der Waals surface area contributed by atoms with Crippen LogP contribution in [0.2, 0.25) is 5.15 Å². The van der Waals surface area contributed by atoms with E-state index < -0.39 is 10.9 Å². The molecule has 0 spiro atoms. The summed E-state index contributed by atoms with van der Waals surface area (Å²) in [7, 11) is 1.17. The van der Waals surface area contributed by atoms with Gasteiger partial charge >= 0.3 is 5.97 Å². The highest BCUT2D eigenvalue weighted by atomic mass is 35.5. The van der Waals surface area contributed by atoms with Crippen LogP contribution in [0.4, 0.5) is 5.69 Å². The van der Waals surface area contributed by atoms with Gasteiger partial charge < -0.3 is 4.74 Å². The summed E-state index contributed by atoms with van der Waals surface area (Å²) in [6.45, 7) is 0. The second-order valence-corrected chi connectivity index (χ2v) is 2.89. The van der Waals surface area contributed by atoms with Gasteiger partial charge in [-0.3, -0.25) is 10.1 Å². The van der Waals surface area contributed by atoms with Crippen LogP contribution in [0.25, 0.3) is 0 Å². The summed E-state index contributed by atoms with van der Waals surface area (Å²) in [5, 5.41) is 10.4. The van der Waals surface area contributed by atoms with E-state index in [1.54, 1.807) is 0 Å². The average molecular weight is 241 g/mol. The van der Waals surface area contributed by atoms with Gasteiger partial charge in [-0.1, -0.05) is 17.5 Å². The maximum Gasteiger partial charge on any atom is 0.384 e. The van der Waals surface area contributed by atoms with Crippen LogP contribution in [-0.2, 0) is 9.53 Å². The monoisotopic (exact) mass is 240 g/mol. The van der Waals surface area contributed by atoms with E-state index in [1.165, 1.54) is 7.11 Å². The average Bonchev–Trinajstić information content (AvgIpc) is 2.27. The Morgan fingerprint density at radius 1 is 1.69 bits per heavy atom. The Labute approximate surface area is 95.3 Å². The second kappa shape index (κ2) is 5.09. The molecule has 1 aromatic heterocycles. The van der Waals surface area contributed by atoms with Crippen molar-refractivity contribution < 1.29 is 14.5 Å². The number of hydrogen-bond acceptors (Lipinski definition) is 5. The van der Waals surface area contributed by atoms with Crippen molar-refractivity contribution in [3.05, 3.63) is 33.1 Å². The Bertz CT molecular complexity index is 504. The van der Waals surface area contributed by atoms with Crippen molar-refractivity contribution >= 4 is 23.3 Å². The third-order valence-corrected chi connectivity index (χ3v) is 1.82. The topological polar surface area (TPSA) is 82.3 Å². The van der Waals surface area contributed by atoms with Gasteiger partial charge in [0.2, 0.25) is 0 Å². The number of esters is 1. The molecular formula is C9H5ClN2O4. The molecule has 1 rings (SSSR count). The van der Waals surface area contributed by atoms with E-state index in [-0.39, 0.29) is 16.4 Å². The van der Waals surface area contributed by atoms with E-state index in [0.717, 1.165) is 12.3 Å². The fourth-order valence-corrected chi connectivity index (χ4v) is 0.945. The normalized spacial score (nSPS) is 8.88. The lowest BCUT2D eigenvalue weighted by Gasteiger charge is -1.94. The van der Waals surface area contributed by atoms with Crippen LogP contribution in [-0.4, -0.2) is 23.0 Å². The van der Waals surface area contributed by atoms with Crippen LogP contribution in [0.1, 0.15) is 5.56 Å². The van der Waals surface area contributed by atoms with E-state index in [2.05, 4.69) is 21.6 Å². The Balaban J connectivity index is 3.11. The SMILES string of the molecule is COC(=O)C#Cc1cc([N+](=O)[O-])cnc1Cl. The Kier molecular flexibility index (Phi) is 3.80. The van der Waals surface area contributed by atoms with Crippen molar-refractivity contribution in [2.75, 3.05) is 7.11 Å². The van der Waals surface area contributed by atoms with Crippen molar-refractivity contribution in [3.63, 3.8) is 0 Å². The van der Waals surface area contributed by atoms with Gasteiger partial charge in [0.1, 0.15) is 11.3 Å². The molecule has 0 aromatic carbocycles. The highest BCUT2D eigenvalue weighted by molar-refractivity contribution is 6.30. The standard InChI is InChI=1S/C9H5ClN2O4/c1-16-8(13)3-2-6-4-7(12(14)15)5-11-9(6)10/h4-5H,1H3. The second-order valence-electron chi connectivity index (χ2n) is 2.53. The first-order chi connectivity index (χ1) is 7.54. The fourth-order valence-electron chi connectivity index (χ4n) is 0.794. The van der Waals surface area contributed by atoms with Crippen LogP contribution < -0.4 is 0 Å². The van der Waals surface area contributed by atoms with E-state index in [4.69, 9.17) is 11.6 Å². The summed E-state index contributed by atoms with van der Waals surface area (Å²) < 4.78 is 4.28. The molecular weight excluding hydrogens is 236 g/mol. The molecule has 0 bridgehead atoms. The van der Waals surface area contributed by atoms with Gasteiger partial charge in [0, 0.05) is 12.0 Å². The number of rotatable bonds is 1. The third-order valence-electron chi connectivity index (χ3n) is 1.52. The lowest BCUT2D eigenvalue weighted by atomic mass is 10.2. The highest BCUT2D eigenvalue weighted by Crippen LogP contribution is 2.17. The van der Waals surface area contributed by atoms with Crippen molar-refractivity contribution in [3.8, 4) is 11.8 Å². The first kappa shape index (κ1) is 11.9. The molecule has 0 aliphatic carbocycles. The molecule has 0 aliphatic heterocycles. The zero-order valence-electron chi connectivity index (χ0n) is 8.06. The third kappa shape index (κ3) is 2.93. The number of aromatic nitrogens is 1. The van der Waals surface area contributed by atoms with Crippen LogP contribution in [0, 0.1) is 22.0 Å².